The van der Waals surface area contributed by atoms with Crippen molar-refractivity contribution in [2.75, 3.05) is 0 Å². The van der Waals surface area contributed by atoms with Gasteiger partial charge in [-0.1, -0.05) is 62.2 Å². The minimum atomic E-state index is 0.872. The van der Waals surface area contributed by atoms with Crippen LogP contribution in [0.2, 0.25) is 0 Å². The molecule has 2 aromatic rings. The molecule has 0 N–H and O–H groups in total. The zero-order valence-electron chi connectivity index (χ0n) is 13.7. The monoisotopic (exact) mass is 304 g/mol. The van der Waals surface area contributed by atoms with Gasteiger partial charge in [0.05, 0.1) is 23.3 Å². The first-order chi connectivity index (χ1) is 11.4. The first kappa shape index (κ1) is 16.9. The molecule has 0 heterocycles. The summed E-state index contributed by atoms with van der Waals surface area (Å²) in [5, 5.41) is 0. The predicted octanol–water partition coefficient (Wildman–Crippen LogP) is 6.30. The second kappa shape index (κ2) is 10.3. The number of benzene rings is 2. The molecule has 0 aromatic heterocycles. The molecule has 2 nitrogen and oxygen atoms in total. The lowest BCUT2D eigenvalue weighted by molar-refractivity contribution is 0.729. The summed E-state index contributed by atoms with van der Waals surface area (Å²) in [7, 11) is 0. The van der Waals surface area contributed by atoms with E-state index in [4.69, 9.17) is 0 Å². The molecule has 0 radical (unpaired) electrons. The van der Waals surface area contributed by atoms with E-state index in [0.29, 0.717) is 0 Å². The van der Waals surface area contributed by atoms with Crippen molar-refractivity contribution in [1.82, 2.24) is 0 Å². The van der Waals surface area contributed by atoms with Crippen LogP contribution in [-0.2, 0) is 0 Å². The minimum absolute atomic E-state index is 0.872. The highest BCUT2D eigenvalue weighted by Gasteiger charge is 1.93. The molecule has 0 aliphatic rings. The number of hydrogen-bond donors (Lipinski definition) is 0. The lowest BCUT2D eigenvalue weighted by Crippen LogP contribution is -1.94. The number of rotatable bonds is 8. The third kappa shape index (κ3) is 6.88. The summed E-state index contributed by atoms with van der Waals surface area (Å²) in [6.45, 7) is 2.22. The number of nitrogens with zero attached hydrogens (tertiary/aromatic N) is 2. The highest BCUT2D eigenvalue weighted by molar-refractivity contribution is 6.36. The molecule has 2 rings (SSSR count). The Morgan fingerprint density at radius 3 is 2.17 bits per heavy atom. The molecule has 118 valence electrons. The van der Waals surface area contributed by atoms with Crippen molar-refractivity contribution < 1.29 is 0 Å². The van der Waals surface area contributed by atoms with Gasteiger partial charge in [0, 0.05) is 0 Å². The molecule has 0 saturated heterocycles. The third-order valence-electron chi connectivity index (χ3n) is 3.38. The van der Waals surface area contributed by atoms with Gasteiger partial charge in [0.25, 0.3) is 0 Å². The Labute approximate surface area is 139 Å². The van der Waals surface area contributed by atoms with Crippen LogP contribution in [0.5, 0.6) is 0 Å². The second-order valence-corrected chi connectivity index (χ2v) is 5.36. The molecule has 0 unspecified atom stereocenters. The summed E-state index contributed by atoms with van der Waals surface area (Å²) in [5.74, 6) is 0. The van der Waals surface area contributed by atoms with Crippen molar-refractivity contribution in [2.45, 2.75) is 32.6 Å². The van der Waals surface area contributed by atoms with E-state index >= 15 is 0 Å². The summed E-state index contributed by atoms with van der Waals surface area (Å²) < 4.78 is 0. The molecular weight excluding hydrogens is 280 g/mol. The van der Waals surface area contributed by atoms with Crippen molar-refractivity contribution in [3.8, 4) is 0 Å². The zero-order chi connectivity index (χ0) is 16.2. The fourth-order valence-corrected chi connectivity index (χ4v) is 2.13. The molecule has 2 aromatic carbocycles. The van der Waals surface area contributed by atoms with Crippen LogP contribution in [-0.4, -0.2) is 11.9 Å². The van der Waals surface area contributed by atoms with E-state index in [1.165, 1.54) is 19.3 Å². The van der Waals surface area contributed by atoms with Crippen LogP contribution in [0.3, 0.4) is 0 Å². The van der Waals surface area contributed by atoms with Crippen LogP contribution in [0, 0.1) is 0 Å². The number of aliphatic imine (C=N–C) groups is 2. The summed E-state index contributed by atoms with van der Waals surface area (Å²) in [6.07, 6.45) is 10.9. The molecule has 0 aliphatic carbocycles. The number of unbranched alkanes of at least 4 members (excludes halogenated alkanes) is 3. The lowest BCUT2D eigenvalue weighted by Gasteiger charge is -1.97. The Kier molecular flexibility index (Phi) is 7.55. The summed E-state index contributed by atoms with van der Waals surface area (Å²) in [6, 6.07) is 19.9. The van der Waals surface area contributed by atoms with Crippen LogP contribution < -0.4 is 0 Å². The van der Waals surface area contributed by atoms with Gasteiger partial charge in [0.15, 0.2) is 0 Å². The quantitative estimate of drug-likeness (QED) is 0.404. The van der Waals surface area contributed by atoms with Gasteiger partial charge < -0.3 is 0 Å². The van der Waals surface area contributed by atoms with Gasteiger partial charge in [0.2, 0.25) is 0 Å². The first-order valence-electron chi connectivity index (χ1n) is 8.28. The van der Waals surface area contributed by atoms with Crippen molar-refractivity contribution in [3.05, 3.63) is 72.8 Å². The molecule has 0 atom stereocenters. The fraction of sp³-hybridized carbons (Fsp3) is 0.238. The van der Waals surface area contributed by atoms with Crippen molar-refractivity contribution in [2.24, 2.45) is 9.98 Å². The van der Waals surface area contributed by atoms with Gasteiger partial charge in [-0.2, -0.15) is 0 Å². The topological polar surface area (TPSA) is 24.7 Å². The Morgan fingerprint density at radius 1 is 0.870 bits per heavy atom. The standard InChI is InChI=1S/C21H24N2/c1-2-3-4-5-8-17-21(23-20-15-11-7-12-16-20)18-22-19-13-9-6-10-14-19/h6-18H,2-5H2,1H3. The van der Waals surface area contributed by atoms with Gasteiger partial charge >= 0.3 is 0 Å². The van der Waals surface area contributed by atoms with Crippen LogP contribution in [0.4, 0.5) is 11.4 Å². The molecule has 0 bridgehead atoms. The van der Waals surface area contributed by atoms with Crippen molar-refractivity contribution in [1.29, 1.82) is 0 Å². The largest absolute Gasteiger partial charge is 0.255 e. The second-order valence-electron chi connectivity index (χ2n) is 5.36. The van der Waals surface area contributed by atoms with Crippen LogP contribution in [0.1, 0.15) is 32.6 Å². The Bertz CT molecular complexity index is 640. The minimum Gasteiger partial charge on any atom is -0.255 e. The molecule has 0 aliphatic heterocycles. The molecule has 0 amide bonds. The first-order valence-corrected chi connectivity index (χ1v) is 8.28. The fourth-order valence-electron chi connectivity index (χ4n) is 2.13. The Hall–Kier alpha value is -2.48. The van der Waals surface area contributed by atoms with Crippen LogP contribution in [0.25, 0.3) is 0 Å². The van der Waals surface area contributed by atoms with Crippen molar-refractivity contribution in [3.63, 3.8) is 0 Å². The highest BCUT2D eigenvalue weighted by atomic mass is 14.8. The van der Waals surface area contributed by atoms with E-state index in [0.717, 1.165) is 23.5 Å². The zero-order valence-corrected chi connectivity index (χ0v) is 13.7. The average Bonchev–Trinajstić information content (AvgIpc) is 2.61. The number of allylic oxidation sites excluding steroid dienone is 2. The van der Waals surface area contributed by atoms with Gasteiger partial charge in [-0.3, -0.25) is 4.99 Å². The highest BCUT2D eigenvalue weighted by Crippen LogP contribution is 2.12. The summed E-state index contributed by atoms with van der Waals surface area (Å²) in [4.78, 5) is 9.18. The molecule has 0 saturated carbocycles. The third-order valence-corrected chi connectivity index (χ3v) is 3.38. The molecule has 23 heavy (non-hydrogen) atoms. The summed E-state index contributed by atoms with van der Waals surface area (Å²) in [5.41, 5.74) is 2.75. The normalized spacial score (nSPS) is 12.3. The van der Waals surface area contributed by atoms with E-state index in [-0.39, 0.29) is 0 Å². The smallest absolute Gasteiger partial charge is 0.0816 e. The number of para-hydroxylation sites is 2. The molecule has 0 fully saturated rings. The van der Waals surface area contributed by atoms with Crippen LogP contribution >= 0.6 is 0 Å². The van der Waals surface area contributed by atoms with E-state index in [9.17, 15) is 0 Å². The maximum Gasteiger partial charge on any atom is 0.0816 e. The van der Waals surface area contributed by atoms with Gasteiger partial charge in [0.1, 0.15) is 0 Å². The van der Waals surface area contributed by atoms with Crippen molar-refractivity contribution >= 4 is 23.3 Å². The van der Waals surface area contributed by atoms with Gasteiger partial charge in [-0.05, 0) is 43.2 Å². The van der Waals surface area contributed by atoms with Gasteiger partial charge in [-0.15, -0.1) is 0 Å². The van der Waals surface area contributed by atoms with E-state index in [1.54, 1.807) is 0 Å². The van der Waals surface area contributed by atoms with E-state index < -0.39 is 0 Å². The SMILES string of the molecule is CCCCCC=CC(C=Nc1ccccc1)=Nc1ccccc1. The molecular formula is C21H24N2. The van der Waals surface area contributed by atoms with Crippen LogP contribution in [0.15, 0.2) is 82.8 Å². The summed E-state index contributed by atoms with van der Waals surface area (Å²) >= 11 is 0. The lowest BCUT2D eigenvalue weighted by atomic mass is 10.2. The predicted molar refractivity (Wildman–Crippen MR) is 101 cm³/mol. The van der Waals surface area contributed by atoms with E-state index in [1.807, 2.05) is 66.9 Å². The number of hydrogen-bond acceptors (Lipinski definition) is 2. The molecule has 0 spiro atoms. The maximum atomic E-state index is 4.67. The van der Waals surface area contributed by atoms with E-state index in [2.05, 4.69) is 29.1 Å². The Morgan fingerprint density at radius 2 is 1.52 bits per heavy atom. The molecule has 2 heteroatoms. The Balaban J connectivity index is 2.11. The maximum absolute atomic E-state index is 4.67. The van der Waals surface area contributed by atoms with Gasteiger partial charge in [-0.25, -0.2) is 4.99 Å². The average molecular weight is 304 g/mol.